The molecule has 0 unspecified atom stereocenters. The SMILES string of the molecule is CCCOc1ccc(C(F)(F)F)cc1NC(=O)NCCO. The molecule has 0 saturated heterocycles. The second-order valence-corrected chi connectivity index (χ2v) is 4.16. The van der Waals surface area contributed by atoms with E-state index in [2.05, 4.69) is 10.6 Å². The summed E-state index contributed by atoms with van der Waals surface area (Å²) in [4.78, 5) is 11.5. The van der Waals surface area contributed by atoms with Crippen LogP contribution in [0.1, 0.15) is 18.9 Å². The number of alkyl halides is 3. The number of anilines is 1. The molecule has 0 aliphatic rings. The van der Waals surface area contributed by atoms with Crippen molar-refractivity contribution in [1.82, 2.24) is 5.32 Å². The summed E-state index contributed by atoms with van der Waals surface area (Å²) < 4.78 is 43.4. The average Bonchev–Trinajstić information content (AvgIpc) is 2.42. The minimum atomic E-state index is -4.51. The van der Waals surface area contributed by atoms with Gasteiger partial charge in [0.2, 0.25) is 0 Å². The summed E-state index contributed by atoms with van der Waals surface area (Å²) in [5.41, 5.74) is -0.961. The van der Waals surface area contributed by atoms with Crippen molar-refractivity contribution in [3.05, 3.63) is 23.8 Å². The highest BCUT2D eigenvalue weighted by molar-refractivity contribution is 5.91. The molecule has 1 aromatic rings. The predicted octanol–water partition coefficient (Wildman–Crippen LogP) is 2.61. The molecule has 2 amide bonds. The number of aliphatic hydroxyl groups excluding tert-OH is 1. The summed E-state index contributed by atoms with van der Waals surface area (Å²) in [7, 11) is 0. The molecule has 118 valence electrons. The van der Waals surface area contributed by atoms with E-state index in [4.69, 9.17) is 9.84 Å². The van der Waals surface area contributed by atoms with Crippen LogP contribution in [0.15, 0.2) is 18.2 Å². The first-order valence-electron chi connectivity index (χ1n) is 6.38. The van der Waals surface area contributed by atoms with Crippen LogP contribution in [0.5, 0.6) is 5.75 Å². The maximum Gasteiger partial charge on any atom is 0.416 e. The Morgan fingerprint density at radius 3 is 2.67 bits per heavy atom. The van der Waals surface area contributed by atoms with Gasteiger partial charge in [0.05, 0.1) is 24.5 Å². The molecule has 1 aromatic carbocycles. The molecule has 0 radical (unpaired) electrons. The van der Waals surface area contributed by atoms with E-state index in [0.717, 1.165) is 12.1 Å². The van der Waals surface area contributed by atoms with Crippen LogP contribution in [0.2, 0.25) is 0 Å². The maximum absolute atomic E-state index is 12.7. The van der Waals surface area contributed by atoms with E-state index in [1.807, 2.05) is 6.92 Å². The van der Waals surface area contributed by atoms with Crippen LogP contribution < -0.4 is 15.4 Å². The molecule has 0 aliphatic carbocycles. The van der Waals surface area contributed by atoms with E-state index in [0.29, 0.717) is 13.0 Å². The number of amides is 2. The van der Waals surface area contributed by atoms with Gasteiger partial charge in [-0.25, -0.2) is 4.79 Å². The Bertz CT molecular complexity index is 478. The predicted molar refractivity (Wildman–Crippen MR) is 71.3 cm³/mol. The third-order valence-corrected chi connectivity index (χ3v) is 2.41. The Balaban J connectivity index is 2.96. The summed E-state index contributed by atoms with van der Waals surface area (Å²) in [5.74, 6) is 0.156. The zero-order chi connectivity index (χ0) is 15.9. The number of halogens is 3. The van der Waals surface area contributed by atoms with Crippen LogP contribution in [-0.2, 0) is 6.18 Å². The number of rotatable bonds is 6. The highest BCUT2D eigenvalue weighted by atomic mass is 19.4. The van der Waals surface area contributed by atoms with Gasteiger partial charge in [-0.15, -0.1) is 0 Å². The van der Waals surface area contributed by atoms with E-state index in [1.165, 1.54) is 6.07 Å². The van der Waals surface area contributed by atoms with Gasteiger partial charge < -0.3 is 20.5 Å². The molecule has 0 atom stereocenters. The summed E-state index contributed by atoms with van der Waals surface area (Å²) in [6, 6.07) is 2.15. The van der Waals surface area contributed by atoms with Gasteiger partial charge >= 0.3 is 12.2 Å². The molecule has 3 N–H and O–H groups in total. The molecule has 0 fully saturated rings. The number of ether oxygens (including phenoxy) is 1. The van der Waals surface area contributed by atoms with E-state index in [9.17, 15) is 18.0 Å². The number of aliphatic hydroxyl groups is 1. The normalized spacial score (nSPS) is 11.1. The number of urea groups is 1. The van der Waals surface area contributed by atoms with Gasteiger partial charge in [-0.1, -0.05) is 6.92 Å². The Morgan fingerprint density at radius 1 is 1.38 bits per heavy atom. The van der Waals surface area contributed by atoms with Crippen molar-refractivity contribution in [2.24, 2.45) is 0 Å². The van der Waals surface area contributed by atoms with Crippen LogP contribution in [0.25, 0.3) is 0 Å². The highest BCUT2D eigenvalue weighted by Crippen LogP contribution is 2.35. The topological polar surface area (TPSA) is 70.6 Å². The van der Waals surface area contributed by atoms with Gasteiger partial charge in [0.1, 0.15) is 5.75 Å². The molecule has 5 nitrogen and oxygen atoms in total. The van der Waals surface area contributed by atoms with Gasteiger partial charge in [0.25, 0.3) is 0 Å². The van der Waals surface area contributed by atoms with Crippen molar-refractivity contribution in [3.63, 3.8) is 0 Å². The highest BCUT2D eigenvalue weighted by Gasteiger charge is 2.31. The van der Waals surface area contributed by atoms with E-state index >= 15 is 0 Å². The monoisotopic (exact) mass is 306 g/mol. The van der Waals surface area contributed by atoms with Crippen molar-refractivity contribution < 1.29 is 27.8 Å². The molecule has 0 saturated carbocycles. The molecular formula is C13H17F3N2O3. The van der Waals surface area contributed by atoms with Crippen LogP contribution in [-0.4, -0.2) is 30.9 Å². The lowest BCUT2D eigenvalue weighted by Gasteiger charge is -2.15. The zero-order valence-electron chi connectivity index (χ0n) is 11.5. The molecular weight excluding hydrogens is 289 g/mol. The molecule has 21 heavy (non-hydrogen) atoms. The fourth-order valence-corrected chi connectivity index (χ4v) is 1.48. The molecule has 8 heteroatoms. The Hall–Kier alpha value is -1.96. The van der Waals surface area contributed by atoms with Crippen molar-refractivity contribution >= 4 is 11.7 Å². The molecule has 0 spiro atoms. The lowest BCUT2D eigenvalue weighted by Crippen LogP contribution is -2.31. The minimum absolute atomic E-state index is 0.00402. The number of carbonyl (C=O) groups excluding carboxylic acids is 1. The molecule has 1 rings (SSSR count). The molecule has 0 aromatic heterocycles. The fourth-order valence-electron chi connectivity index (χ4n) is 1.48. The summed E-state index contributed by atoms with van der Waals surface area (Å²) in [6.07, 6.45) is -3.83. The Labute approximate surface area is 120 Å². The third kappa shape index (κ3) is 5.50. The first-order chi connectivity index (χ1) is 9.88. The van der Waals surface area contributed by atoms with E-state index < -0.39 is 17.8 Å². The van der Waals surface area contributed by atoms with E-state index in [-0.39, 0.29) is 24.6 Å². The van der Waals surface area contributed by atoms with Gasteiger partial charge in [-0.05, 0) is 24.6 Å². The van der Waals surface area contributed by atoms with Gasteiger partial charge in [-0.2, -0.15) is 13.2 Å². The van der Waals surface area contributed by atoms with Crippen molar-refractivity contribution in [2.45, 2.75) is 19.5 Å². The molecule has 0 heterocycles. The average molecular weight is 306 g/mol. The second kappa shape index (κ2) is 7.72. The largest absolute Gasteiger partial charge is 0.491 e. The number of benzene rings is 1. The standard InChI is InChI=1S/C13H17F3N2O3/c1-2-7-21-11-4-3-9(13(14,15)16)8-10(11)18-12(20)17-5-6-19/h3-4,8,19H,2,5-7H2,1H3,(H2,17,18,20). The van der Waals surface area contributed by atoms with Gasteiger partial charge in [0, 0.05) is 6.54 Å². The summed E-state index contributed by atoms with van der Waals surface area (Å²) in [5, 5.41) is 13.2. The van der Waals surface area contributed by atoms with Crippen LogP contribution >= 0.6 is 0 Å². The first kappa shape index (κ1) is 17.1. The smallest absolute Gasteiger partial charge is 0.416 e. The van der Waals surface area contributed by atoms with Gasteiger partial charge in [-0.3, -0.25) is 0 Å². The minimum Gasteiger partial charge on any atom is -0.491 e. The maximum atomic E-state index is 12.7. The summed E-state index contributed by atoms with van der Waals surface area (Å²) in [6.45, 7) is 1.90. The van der Waals surface area contributed by atoms with Gasteiger partial charge in [0.15, 0.2) is 0 Å². The lowest BCUT2D eigenvalue weighted by molar-refractivity contribution is -0.137. The van der Waals surface area contributed by atoms with Crippen molar-refractivity contribution in [1.29, 1.82) is 0 Å². The second-order valence-electron chi connectivity index (χ2n) is 4.16. The number of hydrogen-bond acceptors (Lipinski definition) is 3. The van der Waals surface area contributed by atoms with Crippen molar-refractivity contribution in [2.75, 3.05) is 25.1 Å². The Kier molecular flexibility index (Phi) is 6.29. The van der Waals surface area contributed by atoms with Crippen LogP contribution in [0, 0.1) is 0 Å². The number of carbonyl (C=O) groups is 1. The summed E-state index contributed by atoms with van der Waals surface area (Å²) >= 11 is 0. The quantitative estimate of drug-likeness (QED) is 0.756. The molecule has 0 aliphatic heterocycles. The molecule has 0 bridgehead atoms. The van der Waals surface area contributed by atoms with Crippen molar-refractivity contribution in [3.8, 4) is 5.75 Å². The zero-order valence-corrected chi connectivity index (χ0v) is 11.5. The number of hydrogen-bond donors (Lipinski definition) is 3. The fraction of sp³-hybridized carbons (Fsp3) is 0.462. The number of nitrogens with one attached hydrogen (secondary N) is 2. The van der Waals surface area contributed by atoms with Crippen LogP contribution in [0.4, 0.5) is 23.7 Å². The van der Waals surface area contributed by atoms with E-state index in [1.54, 1.807) is 0 Å². The third-order valence-electron chi connectivity index (χ3n) is 2.41. The van der Waals surface area contributed by atoms with Crippen LogP contribution in [0.3, 0.4) is 0 Å². The Morgan fingerprint density at radius 2 is 2.10 bits per heavy atom. The first-order valence-corrected chi connectivity index (χ1v) is 6.38. The lowest BCUT2D eigenvalue weighted by atomic mass is 10.2.